The zero-order valence-corrected chi connectivity index (χ0v) is 11.7. The second-order valence-electron chi connectivity index (χ2n) is 4.49. The maximum atomic E-state index is 12.3. The van der Waals surface area contributed by atoms with Crippen molar-refractivity contribution < 1.29 is 0 Å². The van der Waals surface area contributed by atoms with Gasteiger partial charge in [-0.15, -0.1) is 5.92 Å². The second-order valence-corrected chi connectivity index (χ2v) is 4.49. The first-order chi connectivity index (χ1) is 10.2. The summed E-state index contributed by atoms with van der Waals surface area (Å²) in [6, 6.07) is 3.71. The van der Waals surface area contributed by atoms with Gasteiger partial charge in [-0.2, -0.15) is 5.10 Å². The van der Waals surface area contributed by atoms with Gasteiger partial charge in [-0.1, -0.05) is 5.92 Å². The molecular weight excluding hydrogens is 266 g/mol. The molecule has 3 aromatic heterocycles. The molecule has 0 aliphatic carbocycles. The number of hydrogen-bond donors (Lipinski definition) is 0. The summed E-state index contributed by atoms with van der Waals surface area (Å²) in [6.45, 7) is 2.18. The van der Waals surface area contributed by atoms with Crippen molar-refractivity contribution in [3.8, 4) is 23.2 Å². The lowest BCUT2D eigenvalue weighted by atomic mass is 10.2. The molecule has 3 heterocycles. The van der Waals surface area contributed by atoms with Crippen molar-refractivity contribution in [2.75, 3.05) is 0 Å². The molecule has 0 aliphatic heterocycles. The van der Waals surface area contributed by atoms with E-state index in [2.05, 4.69) is 26.9 Å². The fourth-order valence-electron chi connectivity index (χ4n) is 2.17. The van der Waals surface area contributed by atoms with Crippen LogP contribution in [0.25, 0.3) is 22.4 Å². The topological polar surface area (TPSA) is 65.6 Å². The van der Waals surface area contributed by atoms with Crippen LogP contribution in [-0.4, -0.2) is 24.3 Å². The number of fused-ring (bicyclic) bond motifs is 1. The van der Waals surface area contributed by atoms with E-state index in [0.717, 1.165) is 5.56 Å². The van der Waals surface area contributed by atoms with E-state index < -0.39 is 0 Å². The normalized spacial score (nSPS) is 10.4. The van der Waals surface area contributed by atoms with Crippen molar-refractivity contribution in [3.05, 3.63) is 41.1 Å². The number of aromatic nitrogens is 5. The predicted molar refractivity (Wildman–Crippen MR) is 79.5 cm³/mol. The molecule has 104 valence electrons. The Labute approximate surface area is 121 Å². The average Bonchev–Trinajstić information content (AvgIpc) is 2.89. The molecule has 6 heteroatoms. The number of hydrogen-bond acceptors (Lipinski definition) is 4. The Bertz CT molecular complexity index is 912. The van der Waals surface area contributed by atoms with E-state index >= 15 is 0 Å². The lowest BCUT2D eigenvalue weighted by molar-refractivity contribution is 0.710. The molecule has 6 nitrogen and oxygen atoms in total. The number of pyridine rings is 1. The lowest BCUT2D eigenvalue weighted by Crippen LogP contribution is -2.21. The van der Waals surface area contributed by atoms with Crippen molar-refractivity contribution in [2.45, 2.75) is 13.5 Å². The SMILES string of the molecule is CC#CCn1c(-c2ccncc2)nc2cnn(C)c(=O)c21. The summed E-state index contributed by atoms with van der Waals surface area (Å²) in [5, 5.41) is 4.02. The van der Waals surface area contributed by atoms with Crippen LogP contribution in [0.3, 0.4) is 0 Å². The molecule has 0 fully saturated rings. The Hall–Kier alpha value is -2.94. The monoisotopic (exact) mass is 279 g/mol. The summed E-state index contributed by atoms with van der Waals surface area (Å²) in [5.41, 5.74) is 1.80. The number of nitrogens with zero attached hydrogens (tertiary/aromatic N) is 5. The fraction of sp³-hybridized carbons (Fsp3) is 0.200. The van der Waals surface area contributed by atoms with E-state index in [4.69, 9.17) is 0 Å². The summed E-state index contributed by atoms with van der Waals surface area (Å²) in [7, 11) is 1.62. The molecule has 0 radical (unpaired) electrons. The van der Waals surface area contributed by atoms with Crippen LogP contribution in [0.1, 0.15) is 6.92 Å². The summed E-state index contributed by atoms with van der Waals surface area (Å²) in [5.74, 6) is 6.53. The van der Waals surface area contributed by atoms with Gasteiger partial charge in [0.1, 0.15) is 16.9 Å². The van der Waals surface area contributed by atoms with Gasteiger partial charge in [-0.05, 0) is 19.1 Å². The summed E-state index contributed by atoms with van der Waals surface area (Å²) in [6.07, 6.45) is 4.99. The van der Waals surface area contributed by atoms with E-state index in [0.29, 0.717) is 23.4 Å². The highest BCUT2D eigenvalue weighted by Gasteiger charge is 2.15. The van der Waals surface area contributed by atoms with E-state index in [1.807, 2.05) is 16.7 Å². The standard InChI is InChI=1S/C15H13N5O/c1-3-4-9-20-13-12(10-17-19(2)15(13)21)18-14(20)11-5-7-16-8-6-11/h5-8,10H,9H2,1-2H3. The van der Waals surface area contributed by atoms with E-state index in [-0.39, 0.29) is 5.56 Å². The lowest BCUT2D eigenvalue weighted by Gasteiger charge is -2.05. The molecule has 3 aromatic rings. The minimum atomic E-state index is -0.182. The largest absolute Gasteiger partial charge is 0.307 e. The van der Waals surface area contributed by atoms with E-state index in [1.165, 1.54) is 4.68 Å². The molecule has 3 rings (SSSR count). The van der Waals surface area contributed by atoms with Crippen LogP contribution >= 0.6 is 0 Å². The Morgan fingerprint density at radius 2 is 2.05 bits per heavy atom. The Kier molecular flexibility index (Phi) is 3.24. The highest BCUT2D eigenvalue weighted by Crippen LogP contribution is 2.21. The van der Waals surface area contributed by atoms with Crippen LogP contribution < -0.4 is 5.56 Å². The molecular formula is C15H13N5O. The van der Waals surface area contributed by atoms with Gasteiger partial charge in [0, 0.05) is 25.0 Å². The third kappa shape index (κ3) is 2.19. The Morgan fingerprint density at radius 1 is 1.29 bits per heavy atom. The molecule has 0 amide bonds. The first kappa shape index (κ1) is 13.1. The van der Waals surface area contributed by atoms with Gasteiger partial charge >= 0.3 is 0 Å². The second kappa shape index (κ2) is 5.21. The van der Waals surface area contributed by atoms with Crippen LogP contribution in [0, 0.1) is 11.8 Å². The molecule has 0 aromatic carbocycles. The van der Waals surface area contributed by atoms with E-state index in [1.54, 1.807) is 32.6 Å². The van der Waals surface area contributed by atoms with Crippen molar-refractivity contribution in [3.63, 3.8) is 0 Å². The molecule has 0 unspecified atom stereocenters. The minimum Gasteiger partial charge on any atom is -0.307 e. The van der Waals surface area contributed by atoms with Crippen molar-refractivity contribution in [2.24, 2.45) is 7.05 Å². The Morgan fingerprint density at radius 3 is 2.76 bits per heavy atom. The smallest absolute Gasteiger partial charge is 0.292 e. The van der Waals surface area contributed by atoms with Crippen molar-refractivity contribution >= 4 is 11.0 Å². The van der Waals surface area contributed by atoms with Crippen LogP contribution in [-0.2, 0) is 13.6 Å². The molecule has 0 bridgehead atoms. The summed E-state index contributed by atoms with van der Waals surface area (Å²) in [4.78, 5) is 20.9. The number of rotatable bonds is 2. The number of aryl methyl sites for hydroxylation is 1. The third-order valence-corrected chi connectivity index (χ3v) is 3.20. The van der Waals surface area contributed by atoms with Gasteiger partial charge < -0.3 is 4.57 Å². The van der Waals surface area contributed by atoms with Gasteiger partial charge in [0.15, 0.2) is 0 Å². The quantitative estimate of drug-likeness (QED) is 0.661. The number of imidazole rings is 1. The molecule has 0 aliphatic rings. The van der Waals surface area contributed by atoms with Crippen molar-refractivity contribution in [1.29, 1.82) is 0 Å². The van der Waals surface area contributed by atoms with Crippen molar-refractivity contribution in [1.82, 2.24) is 24.3 Å². The molecule has 0 spiro atoms. The minimum absolute atomic E-state index is 0.182. The zero-order chi connectivity index (χ0) is 14.8. The first-order valence-corrected chi connectivity index (χ1v) is 6.45. The van der Waals surface area contributed by atoms with Gasteiger partial charge in [-0.25, -0.2) is 9.67 Å². The van der Waals surface area contributed by atoms with Crippen LogP contribution in [0.4, 0.5) is 0 Å². The van der Waals surface area contributed by atoms with E-state index in [9.17, 15) is 4.79 Å². The van der Waals surface area contributed by atoms with Gasteiger partial charge in [-0.3, -0.25) is 9.78 Å². The molecule has 0 atom stereocenters. The molecule has 0 saturated heterocycles. The summed E-state index contributed by atoms with van der Waals surface area (Å²) < 4.78 is 3.13. The highest BCUT2D eigenvalue weighted by atomic mass is 16.1. The maximum Gasteiger partial charge on any atom is 0.292 e. The van der Waals surface area contributed by atoms with Crippen LogP contribution in [0.2, 0.25) is 0 Å². The fourth-order valence-corrected chi connectivity index (χ4v) is 2.17. The predicted octanol–water partition coefficient (Wildman–Crippen LogP) is 1.22. The third-order valence-electron chi connectivity index (χ3n) is 3.20. The first-order valence-electron chi connectivity index (χ1n) is 6.45. The Balaban J connectivity index is 2.36. The van der Waals surface area contributed by atoms with Gasteiger partial charge in [0.2, 0.25) is 0 Å². The molecule has 21 heavy (non-hydrogen) atoms. The van der Waals surface area contributed by atoms with Gasteiger partial charge in [0.25, 0.3) is 5.56 Å². The van der Waals surface area contributed by atoms with Crippen LogP contribution in [0.5, 0.6) is 0 Å². The van der Waals surface area contributed by atoms with Crippen LogP contribution in [0.15, 0.2) is 35.5 Å². The summed E-state index contributed by atoms with van der Waals surface area (Å²) >= 11 is 0. The zero-order valence-electron chi connectivity index (χ0n) is 11.7. The maximum absolute atomic E-state index is 12.3. The molecule has 0 saturated carbocycles. The highest BCUT2D eigenvalue weighted by molar-refractivity contribution is 5.79. The van der Waals surface area contributed by atoms with Gasteiger partial charge in [0.05, 0.1) is 12.7 Å². The average molecular weight is 279 g/mol. The molecule has 0 N–H and O–H groups in total.